The number of benzene rings is 1. The summed E-state index contributed by atoms with van der Waals surface area (Å²) < 4.78 is 14.4. The van der Waals surface area contributed by atoms with Crippen LogP contribution in [0.15, 0.2) is 69.9 Å². The van der Waals surface area contributed by atoms with Crippen molar-refractivity contribution >= 4 is 23.6 Å². The maximum Gasteiger partial charge on any atom is 0.311 e. The zero-order valence-corrected chi connectivity index (χ0v) is 22.1. The van der Waals surface area contributed by atoms with Gasteiger partial charge in [0, 0.05) is 28.9 Å². The van der Waals surface area contributed by atoms with Gasteiger partial charge in [-0.15, -0.1) is 0 Å². The molecule has 0 amide bonds. The Hall–Kier alpha value is -3.56. The summed E-state index contributed by atoms with van der Waals surface area (Å²) >= 11 is 0. The highest BCUT2D eigenvalue weighted by molar-refractivity contribution is 5.92. The lowest BCUT2D eigenvalue weighted by Gasteiger charge is -2.58. The van der Waals surface area contributed by atoms with Gasteiger partial charge in [0.25, 0.3) is 0 Å². The second kappa shape index (κ2) is 5.82. The van der Waals surface area contributed by atoms with Crippen molar-refractivity contribution in [2.24, 2.45) is 29.6 Å². The molecule has 0 bridgehead atoms. The predicted molar refractivity (Wildman–Crippen MR) is 143 cm³/mol. The summed E-state index contributed by atoms with van der Waals surface area (Å²) in [6.07, 6.45) is 9.14. The highest BCUT2D eigenvalue weighted by atomic mass is 16.7. The lowest BCUT2D eigenvalue weighted by Crippen LogP contribution is -2.67. The first kappa shape index (κ1) is 22.0. The van der Waals surface area contributed by atoms with Crippen LogP contribution in [0.2, 0.25) is 0 Å². The van der Waals surface area contributed by atoms with Crippen LogP contribution in [-0.2, 0) is 24.7 Å². The van der Waals surface area contributed by atoms with Gasteiger partial charge in [-0.05, 0) is 69.2 Å². The van der Waals surface area contributed by atoms with Gasteiger partial charge in [-0.3, -0.25) is 9.59 Å². The van der Waals surface area contributed by atoms with E-state index < -0.39 is 64.3 Å². The number of carboxylic acid groups (broad SMARTS) is 2. The van der Waals surface area contributed by atoms with E-state index in [9.17, 15) is 30.0 Å². The molecule has 12 rings (SSSR count). The Morgan fingerprint density at radius 2 is 1.81 bits per heavy atom. The average Bonchev–Trinajstić information content (AvgIpc) is 3.85. The number of allylic oxidation sites excluding steroid dienone is 3. The Morgan fingerprint density at radius 1 is 0.952 bits per heavy atom. The number of aliphatic hydroxyl groups is 2. The first-order chi connectivity index (χ1) is 20.2. The van der Waals surface area contributed by atoms with Crippen LogP contribution in [0.5, 0.6) is 0 Å². The molecule has 1 saturated carbocycles. The summed E-state index contributed by atoms with van der Waals surface area (Å²) in [7, 11) is 0. The molecule has 4 N–H and O–H groups in total. The topological polar surface area (TPSA) is 140 Å². The van der Waals surface area contributed by atoms with Gasteiger partial charge in [0.1, 0.15) is 11.2 Å². The second-order valence-electron chi connectivity index (χ2n) is 14.1. The van der Waals surface area contributed by atoms with E-state index in [0.717, 1.165) is 55.0 Å². The van der Waals surface area contributed by atoms with Crippen LogP contribution in [0.4, 0.5) is 0 Å². The van der Waals surface area contributed by atoms with Crippen LogP contribution in [0.3, 0.4) is 0 Å². The Balaban J connectivity index is 1.35. The fourth-order valence-electron chi connectivity index (χ4n) is 12.1. The summed E-state index contributed by atoms with van der Waals surface area (Å²) in [5, 5.41) is 46.4. The third kappa shape index (κ3) is 1.67. The largest absolute Gasteiger partial charge is 0.481 e. The molecule has 2 aliphatic heterocycles. The average molecular weight is 561 g/mol. The third-order valence-corrected chi connectivity index (χ3v) is 13.1. The number of aliphatic hydroxyl groups excluding tert-OH is 2. The standard InChI is InChI=1S/C34H24O8/c35-20-7-11-1-5-14-21(36)10-19-23(30(39)40)15-6-4-12-2-3-13-8-17(29(37)38)16-9-18(20)24-22(11)25(14)33(19)34(42-33)27(24)26(16)31(13)32(12,41-31)28(15)34/h1-7,17-21,23,27,35-36H,8-10H2,(H,37,38)(H,39,40). The van der Waals surface area contributed by atoms with Crippen molar-refractivity contribution in [3.8, 4) is 0 Å². The van der Waals surface area contributed by atoms with E-state index in [0.29, 0.717) is 18.4 Å². The van der Waals surface area contributed by atoms with E-state index in [4.69, 9.17) is 9.47 Å². The molecule has 9 aliphatic carbocycles. The molecule has 11 atom stereocenters. The molecule has 2 saturated heterocycles. The highest BCUT2D eigenvalue weighted by Crippen LogP contribution is 2.89. The molecule has 4 spiro atoms. The van der Waals surface area contributed by atoms with E-state index >= 15 is 0 Å². The first-order valence-electron chi connectivity index (χ1n) is 14.9. The number of hydrogen-bond acceptors (Lipinski definition) is 6. The third-order valence-electron chi connectivity index (χ3n) is 13.1. The van der Waals surface area contributed by atoms with Crippen LogP contribution < -0.4 is 10.4 Å². The van der Waals surface area contributed by atoms with E-state index in [1.807, 2.05) is 42.5 Å². The summed E-state index contributed by atoms with van der Waals surface area (Å²) in [6, 6.07) is 3.88. The van der Waals surface area contributed by atoms with Gasteiger partial charge in [-0.2, -0.15) is 0 Å². The van der Waals surface area contributed by atoms with E-state index in [1.165, 1.54) is 0 Å². The molecule has 0 radical (unpaired) electrons. The molecule has 1 aromatic carbocycles. The van der Waals surface area contributed by atoms with Crippen molar-refractivity contribution in [2.45, 2.75) is 53.9 Å². The Morgan fingerprint density at radius 3 is 2.62 bits per heavy atom. The van der Waals surface area contributed by atoms with Gasteiger partial charge in [-0.25, -0.2) is 0 Å². The Bertz CT molecular complexity index is 2080. The normalized spacial score (nSPS) is 50.3. The van der Waals surface area contributed by atoms with Gasteiger partial charge in [0.05, 0.1) is 24.0 Å². The van der Waals surface area contributed by atoms with Gasteiger partial charge >= 0.3 is 11.9 Å². The zero-order valence-electron chi connectivity index (χ0n) is 22.1. The SMILES string of the molecule is O=C(O)C1CC2=CC=C3C=CC4=C5C36OC26C2=C1CC1C3=c6c7c(ccc6=CC1O)C(O)CC(C4C(=O)O)C71OC51C23. The number of rotatable bonds is 2. The monoisotopic (exact) mass is 560 g/mol. The lowest BCUT2D eigenvalue weighted by atomic mass is 9.39. The number of aliphatic carboxylic acids is 2. The summed E-state index contributed by atoms with van der Waals surface area (Å²) in [5.74, 6) is -4.67. The van der Waals surface area contributed by atoms with Crippen LogP contribution in [-0.4, -0.2) is 55.3 Å². The molecule has 2 heterocycles. The predicted octanol–water partition coefficient (Wildman–Crippen LogP) is 1.03. The molecule has 0 aromatic heterocycles. The summed E-state index contributed by atoms with van der Waals surface area (Å²) in [4.78, 5) is 26.1. The maximum atomic E-state index is 13.2. The van der Waals surface area contributed by atoms with E-state index in [2.05, 4.69) is 0 Å². The molecular formula is C34H24O8. The van der Waals surface area contributed by atoms with Crippen molar-refractivity contribution in [1.82, 2.24) is 0 Å². The van der Waals surface area contributed by atoms with Crippen molar-refractivity contribution in [3.63, 3.8) is 0 Å². The lowest BCUT2D eigenvalue weighted by molar-refractivity contribution is -0.144. The molecule has 208 valence electrons. The van der Waals surface area contributed by atoms with E-state index in [-0.39, 0.29) is 18.3 Å². The molecule has 8 heteroatoms. The molecule has 1 aromatic rings. The van der Waals surface area contributed by atoms with Gasteiger partial charge in [0.2, 0.25) is 0 Å². The second-order valence-corrected chi connectivity index (χ2v) is 14.1. The minimum Gasteiger partial charge on any atom is -0.481 e. The minimum atomic E-state index is -0.986. The Labute approximate surface area is 237 Å². The molecule has 3 fully saturated rings. The first-order valence-corrected chi connectivity index (χ1v) is 14.9. The molecule has 11 aliphatic rings. The van der Waals surface area contributed by atoms with Crippen LogP contribution in [0.1, 0.15) is 36.5 Å². The molecule has 42 heavy (non-hydrogen) atoms. The highest BCUT2D eigenvalue weighted by Gasteiger charge is 2.97. The smallest absolute Gasteiger partial charge is 0.311 e. The fourth-order valence-corrected chi connectivity index (χ4v) is 12.1. The number of carboxylic acids is 2. The van der Waals surface area contributed by atoms with Crippen molar-refractivity contribution in [3.05, 3.63) is 91.4 Å². The number of epoxide rings is 2. The van der Waals surface area contributed by atoms with Crippen LogP contribution in [0, 0.1) is 29.6 Å². The number of carbonyl (C=O) groups is 2. The number of hydrogen-bond donors (Lipinski definition) is 4. The van der Waals surface area contributed by atoms with Gasteiger partial charge < -0.3 is 29.9 Å². The fraction of sp³-hybridized carbons (Fsp3) is 0.412. The number of ether oxygens (including phenoxy) is 2. The molecule has 11 unspecified atom stereocenters. The quantitative estimate of drug-likeness (QED) is 0.311. The van der Waals surface area contributed by atoms with Crippen LogP contribution in [0.25, 0.3) is 11.6 Å². The zero-order chi connectivity index (χ0) is 28.0. The maximum absolute atomic E-state index is 13.2. The molecule has 8 nitrogen and oxygen atoms in total. The van der Waals surface area contributed by atoms with Gasteiger partial charge in [0.15, 0.2) is 11.2 Å². The molecular weight excluding hydrogens is 536 g/mol. The van der Waals surface area contributed by atoms with Crippen molar-refractivity contribution in [2.75, 3.05) is 0 Å². The van der Waals surface area contributed by atoms with Crippen LogP contribution >= 0.6 is 0 Å². The van der Waals surface area contributed by atoms with Crippen molar-refractivity contribution < 1.29 is 39.5 Å². The Kier molecular flexibility index (Phi) is 3.05. The summed E-state index contributed by atoms with van der Waals surface area (Å²) in [5.41, 5.74) is 4.26. The van der Waals surface area contributed by atoms with Crippen molar-refractivity contribution in [1.29, 1.82) is 0 Å². The minimum absolute atomic E-state index is 0.253. The van der Waals surface area contributed by atoms with E-state index in [1.54, 1.807) is 0 Å². The van der Waals surface area contributed by atoms with Gasteiger partial charge in [-0.1, -0.05) is 42.0 Å². The summed E-state index contributed by atoms with van der Waals surface area (Å²) in [6.45, 7) is 0.